The van der Waals surface area contributed by atoms with Gasteiger partial charge in [0.1, 0.15) is 0 Å². The molecule has 1 rings (SSSR count). The summed E-state index contributed by atoms with van der Waals surface area (Å²) in [5.74, 6) is 1.33. The monoisotopic (exact) mass is 203 g/mol. The molecule has 82 valence electrons. The number of hydrogen-bond acceptors (Lipinski definition) is 1. The van der Waals surface area contributed by atoms with Crippen molar-refractivity contribution < 1.29 is 0 Å². The van der Waals surface area contributed by atoms with Crippen LogP contribution in [0.1, 0.15) is 40.0 Å². The summed E-state index contributed by atoms with van der Waals surface area (Å²) in [4.78, 5) is 0. The van der Waals surface area contributed by atoms with E-state index in [1.54, 1.807) is 0 Å². The molecule has 0 spiro atoms. The van der Waals surface area contributed by atoms with Gasteiger partial charge in [0.15, 0.2) is 0 Å². The van der Waals surface area contributed by atoms with Crippen LogP contribution in [-0.2, 0) is 0 Å². The van der Waals surface area contributed by atoms with Gasteiger partial charge >= 0.3 is 0 Å². The van der Waals surface area contributed by atoms with Gasteiger partial charge in [0.05, 0.1) is 6.07 Å². The smallest absolute Gasteiger partial charge is 0.0622 e. The van der Waals surface area contributed by atoms with Crippen molar-refractivity contribution in [2.75, 3.05) is 0 Å². The molecule has 0 heterocycles. The van der Waals surface area contributed by atoms with E-state index in [0.29, 0.717) is 18.3 Å². The predicted octanol–water partition coefficient (Wildman–Crippen LogP) is 4.08. The van der Waals surface area contributed by atoms with Crippen LogP contribution < -0.4 is 0 Å². The first-order chi connectivity index (χ1) is 7.06. The highest BCUT2D eigenvalue weighted by atomic mass is 14.4. The van der Waals surface area contributed by atoms with Crippen LogP contribution in [-0.4, -0.2) is 0 Å². The molecule has 0 saturated carbocycles. The Balaban J connectivity index is 2.90. The van der Waals surface area contributed by atoms with Crippen LogP contribution in [0.15, 0.2) is 24.3 Å². The lowest BCUT2D eigenvalue weighted by molar-refractivity contribution is 0.190. The minimum atomic E-state index is 0.172. The Morgan fingerprint density at radius 1 is 1.73 bits per heavy atom. The third kappa shape index (κ3) is 2.15. The number of rotatable bonds is 4. The Hall–Kier alpha value is -1.03. The van der Waals surface area contributed by atoms with Crippen molar-refractivity contribution in [2.24, 2.45) is 17.3 Å². The fourth-order valence-electron chi connectivity index (χ4n) is 2.93. The summed E-state index contributed by atoms with van der Waals surface area (Å²) in [6.07, 6.45) is 7.02. The first-order valence-corrected chi connectivity index (χ1v) is 5.76. The van der Waals surface area contributed by atoms with Crippen molar-refractivity contribution in [1.29, 1.82) is 5.26 Å². The van der Waals surface area contributed by atoms with Crippen molar-refractivity contribution >= 4 is 0 Å². The lowest BCUT2D eigenvalue weighted by Gasteiger charge is -2.36. The average molecular weight is 203 g/mol. The molecule has 0 saturated heterocycles. The molecule has 0 aromatic carbocycles. The molecule has 1 aliphatic carbocycles. The number of allylic oxidation sites excluding steroid dienone is 3. The topological polar surface area (TPSA) is 23.8 Å². The minimum absolute atomic E-state index is 0.172. The van der Waals surface area contributed by atoms with Gasteiger partial charge in [-0.3, -0.25) is 0 Å². The summed E-state index contributed by atoms with van der Waals surface area (Å²) >= 11 is 0. The molecular weight excluding hydrogens is 182 g/mol. The van der Waals surface area contributed by atoms with Crippen LogP contribution >= 0.6 is 0 Å². The van der Waals surface area contributed by atoms with E-state index in [2.05, 4.69) is 39.5 Å². The van der Waals surface area contributed by atoms with Gasteiger partial charge in [0, 0.05) is 6.42 Å². The highest BCUT2D eigenvalue weighted by molar-refractivity contribution is 5.31. The van der Waals surface area contributed by atoms with Gasteiger partial charge in [0.2, 0.25) is 0 Å². The zero-order valence-electron chi connectivity index (χ0n) is 10.1. The van der Waals surface area contributed by atoms with Gasteiger partial charge in [-0.1, -0.05) is 39.5 Å². The van der Waals surface area contributed by atoms with E-state index in [4.69, 9.17) is 5.26 Å². The Labute approximate surface area is 93.5 Å². The largest absolute Gasteiger partial charge is 0.198 e. The summed E-state index contributed by atoms with van der Waals surface area (Å²) in [5, 5.41) is 8.73. The maximum atomic E-state index is 8.73. The first kappa shape index (κ1) is 12.0. The van der Waals surface area contributed by atoms with E-state index < -0.39 is 0 Å². The fourth-order valence-corrected chi connectivity index (χ4v) is 2.93. The summed E-state index contributed by atoms with van der Waals surface area (Å²) in [6.45, 7) is 10.7. The van der Waals surface area contributed by atoms with Crippen molar-refractivity contribution in [3.63, 3.8) is 0 Å². The van der Waals surface area contributed by atoms with Gasteiger partial charge in [-0.25, -0.2) is 0 Å². The molecule has 0 aliphatic heterocycles. The predicted molar refractivity (Wildman–Crippen MR) is 64.2 cm³/mol. The average Bonchev–Trinajstić information content (AvgIpc) is 2.52. The van der Waals surface area contributed by atoms with Crippen molar-refractivity contribution in [2.45, 2.75) is 40.0 Å². The third-order valence-corrected chi connectivity index (χ3v) is 3.85. The van der Waals surface area contributed by atoms with Gasteiger partial charge in [0.25, 0.3) is 0 Å². The van der Waals surface area contributed by atoms with Gasteiger partial charge in [-0.2, -0.15) is 5.26 Å². The summed E-state index contributed by atoms with van der Waals surface area (Å²) in [7, 11) is 0. The second kappa shape index (κ2) is 4.66. The molecule has 0 amide bonds. The van der Waals surface area contributed by atoms with E-state index in [1.165, 1.54) is 5.57 Å². The molecule has 15 heavy (non-hydrogen) atoms. The van der Waals surface area contributed by atoms with E-state index in [1.807, 2.05) is 6.08 Å². The SMILES string of the molecule is C=CC1=CC[C@H](C(C)C)[C@@]1(C)CCC#N. The molecule has 2 atom stereocenters. The van der Waals surface area contributed by atoms with E-state index in [9.17, 15) is 0 Å². The quantitative estimate of drug-likeness (QED) is 0.675. The first-order valence-electron chi connectivity index (χ1n) is 5.76. The van der Waals surface area contributed by atoms with Crippen LogP contribution in [0.3, 0.4) is 0 Å². The molecule has 0 unspecified atom stereocenters. The summed E-state index contributed by atoms with van der Waals surface area (Å²) in [6, 6.07) is 2.26. The van der Waals surface area contributed by atoms with Crippen LogP contribution in [0.25, 0.3) is 0 Å². The Morgan fingerprint density at radius 2 is 2.40 bits per heavy atom. The molecule has 0 bridgehead atoms. The van der Waals surface area contributed by atoms with Crippen molar-refractivity contribution in [1.82, 2.24) is 0 Å². The minimum Gasteiger partial charge on any atom is -0.198 e. The second-order valence-corrected chi connectivity index (χ2v) is 5.03. The highest BCUT2D eigenvalue weighted by Gasteiger charge is 2.40. The maximum absolute atomic E-state index is 8.73. The number of hydrogen-bond donors (Lipinski definition) is 0. The molecule has 0 aromatic rings. The zero-order chi connectivity index (χ0) is 11.5. The fraction of sp³-hybridized carbons (Fsp3) is 0.643. The third-order valence-electron chi connectivity index (χ3n) is 3.85. The molecular formula is C14H21N. The van der Waals surface area contributed by atoms with Crippen LogP contribution in [0.4, 0.5) is 0 Å². The summed E-state index contributed by atoms with van der Waals surface area (Å²) < 4.78 is 0. The number of nitriles is 1. The summed E-state index contributed by atoms with van der Waals surface area (Å²) in [5.41, 5.74) is 1.52. The van der Waals surface area contributed by atoms with Gasteiger partial charge in [-0.05, 0) is 35.7 Å². The highest BCUT2D eigenvalue weighted by Crippen LogP contribution is 2.50. The van der Waals surface area contributed by atoms with Crippen molar-refractivity contribution in [3.8, 4) is 6.07 Å². The molecule has 1 heteroatoms. The van der Waals surface area contributed by atoms with Crippen molar-refractivity contribution in [3.05, 3.63) is 24.3 Å². The Morgan fingerprint density at radius 3 is 2.87 bits per heavy atom. The molecule has 1 nitrogen and oxygen atoms in total. The molecule has 1 aliphatic rings. The Bertz CT molecular complexity index is 306. The van der Waals surface area contributed by atoms with E-state index in [-0.39, 0.29) is 5.41 Å². The normalized spacial score (nSPS) is 30.1. The molecule has 0 fully saturated rings. The van der Waals surface area contributed by atoms with Gasteiger partial charge in [-0.15, -0.1) is 0 Å². The van der Waals surface area contributed by atoms with Crippen LogP contribution in [0, 0.1) is 28.6 Å². The van der Waals surface area contributed by atoms with E-state index >= 15 is 0 Å². The Kier molecular flexibility index (Phi) is 3.74. The van der Waals surface area contributed by atoms with Gasteiger partial charge < -0.3 is 0 Å². The standard InChI is InChI=1S/C14H21N/c1-5-12-7-8-13(11(2)3)14(12,4)9-6-10-15/h5,7,11,13H,1,6,8-9H2,2-4H3/t13-,14+/m1/s1. The zero-order valence-corrected chi connectivity index (χ0v) is 10.1. The van der Waals surface area contributed by atoms with Crippen LogP contribution in [0.5, 0.6) is 0 Å². The van der Waals surface area contributed by atoms with Crippen LogP contribution in [0.2, 0.25) is 0 Å². The molecule has 0 N–H and O–H groups in total. The molecule has 0 aromatic heterocycles. The maximum Gasteiger partial charge on any atom is 0.0622 e. The lowest BCUT2D eigenvalue weighted by Crippen LogP contribution is -2.28. The number of nitrogens with zero attached hydrogens (tertiary/aromatic N) is 1. The molecule has 0 radical (unpaired) electrons. The lowest BCUT2D eigenvalue weighted by atomic mass is 9.68. The van der Waals surface area contributed by atoms with E-state index in [0.717, 1.165) is 12.8 Å². The second-order valence-electron chi connectivity index (χ2n) is 5.03.